The average molecular weight is 337 g/mol. The topological polar surface area (TPSA) is 65.5 Å². The summed E-state index contributed by atoms with van der Waals surface area (Å²) >= 11 is 6.16. The highest BCUT2D eigenvalue weighted by molar-refractivity contribution is 6.31. The van der Waals surface area contributed by atoms with E-state index in [2.05, 4.69) is 27.0 Å². The van der Waals surface area contributed by atoms with E-state index in [0.717, 1.165) is 48.9 Å². The number of aliphatic imine (C=N–C) groups is 1. The van der Waals surface area contributed by atoms with Crippen molar-refractivity contribution in [3.63, 3.8) is 0 Å². The Bertz CT molecular complexity index is 537. The van der Waals surface area contributed by atoms with Crippen LogP contribution in [0.4, 0.5) is 0 Å². The van der Waals surface area contributed by atoms with Gasteiger partial charge in [0.2, 0.25) is 5.91 Å². The molecule has 3 N–H and O–H groups in total. The summed E-state index contributed by atoms with van der Waals surface area (Å²) in [6, 6.07) is 8.17. The van der Waals surface area contributed by atoms with Gasteiger partial charge < -0.3 is 16.0 Å². The first-order valence-electron chi connectivity index (χ1n) is 8.24. The molecule has 1 amide bonds. The Balaban J connectivity index is 1.79. The Morgan fingerprint density at radius 2 is 2.26 bits per heavy atom. The number of benzene rings is 1. The number of halogens is 1. The van der Waals surface area contributed by atoms with Gasteiger partial charge in [-0.1, -0.05) is 29.8 Å². The van der Waals surface area contributed by atoms with Gasteiger partial charge >= 0.3 is 0 Å². The first-order valence-corrected chi connectivity index (χ1v) is 8.61. The molecule has 1 aromatic carbocycles. The summed E-state index contributed by atoms with van der Waals surface area (Å²) in [4.78, 5) is 15.8. The molecule has 1 fully saturated rings. The largest absolute Gasteiger partial charge is 0.357 e. The lowest BCUT2D eigenvalue weighted by Crippen LogP contribution is -2.51. The second-order valence-corrected chi connectivity index (χ2v) is 6.05. The molecule has 2 rings (SSSR count). The molecule has 1 aromatic rings. The zero-order valence-corrected chi connectivity index (χ0v) is 14.3. The SMILES string of the molecule is CCNC(=NCCCc1ccccc1Cl)NC1CCC(=O)NC1. The van der Waals surface area contributed by atoms with E-state index in [9.17, 15) is 4.79 Å². The summed E-state index contributed by atoms with van der Waals surface area (Å²) in [6.07, 6.45) is 3.28. The minimum absolute atomic E-state index is 0.129. The van der Waals surface area contributed by atoms with Crippen LogP contribution >= 0.6 is 11.6 Å². The number of guanidine groups is 1. The number of amides is 1. The molecule has 0 bridgehead atoms. The number of hydrogen-bond donors (Lipinski definition) is 3. The second kappa shape index (κ2) is 9.40. The van der Waals surface area contributed by atoms with Crippen molar-refractivity contribution in [3.05, 3.63) is 34.9 Å². The molecule has 5 nitrogen and oxygen atoms in total. The third kappa shape index (κ3) is 6.10. The number of rotatable bonds is 6. The molecule has 1 saturated heterocycles. The summed E-state index contributed by atoms with van der Waals surface area (Å²) < 4.78 is 0. The molecular weight excluding hydrogens is 312 g/mol. The van der Waals surface area contributed by atoms with Crippen LogP contribution in [0.1, 0.15) is 31.7 Å². The smallest absolute Gasteiger partial charge is 0.220 e. The third-order valence-corrected chi connectivity index (χ3v) is 4.15. The van der Waals surface area contributed by atoms with Crippen LogP contribution in [0.3, 0.4) is 0 Å². The molecule has 0 radical (unpaired) electrons. The van der Waals surface area contributed by atoms with Crippen LogP contribution in [0.5, 0.6) is 0 Å². The second-order valence-electron chi connectivity index (χ2n) is 5.64. The predicted octanol–water partition coefficient (Wildman–Crippen LogP) is 2.11. The van der Waals surface area contributed by atoms with Gasteiger partial charge in [-0.2, -0.15) is 0 Å². The lowest BCUT2D eigenvalue weighted by molar-refractivity contribution is -0.122. The fourth-order valence-corrected chi connectivity index (χ4v) is 2.76. The van der Waals surface area contributed by atoms with Crippen LogP contribution in [0.2, 0.25) is 5.02 Å². The number of carbonyl (C=O) groups excluding carboxylic acids is 1. The van der Waals surface area contributed by atoms with Gasteiger partial charge in [-0.25, -0.2) is 0 Å². The number of aryl methyl sites for hydroxylation is 1. The average Bonchev–Trinajstić information content (AvgIpc) is 2.55. The van der Waals surface area contributed by atoms with E-state index >= 15 is 0 Å². The Morgan fingerprint density at radius 3 is 2.96 bits per heavy atom. The van der Waals surface area contributed by atoms with Gasteiger partial charge in [-0.3, -0.25) is 9.79 Å². The molecule has 6 heteroatoms. The monoisotopic (exact) mass is 336 g/mol. The fourth-order valence-electron chi connectivity index (χ4n) is 2.53. The summed E-state index contributed by atoms with van der Waals surface area (Å²) in [5.41, 5.74) is 1.16. The molecule has 0 saturated carbocycles. The molecule has 0 aliphatic carbocycles. The van der Waals surface area contributed by atoms with Crippen molar-refractivity contribution in [2.45, 2.75) is 38.6 Å². The van der Waals surface area contributed by atoms with Crippen molar-refractivity contribution >= 4 is 23.5 Å². The third-order valence-electron chi connectivity index (χ3n) is 3.78. The first-order chi connectivity index (χ1) is 11.2. The molecular formula is C17H25ClN4O. The Kier molecular flexibility index (Phi) is 7.20. The molecule has 1 atom stereocenters. The van der Waals surface area contributed by atoms with Gasteiger partial charge in [0.15, 0.2) is 5.96 Å². The van der Waals surface area contributed by atoms with Gasteiger partial charge in [0.1, 0.15) is 0 Å². The molecule has 23 heavy (non-hydrogen) atoms. The maximum atomic E-state index is 11.2. The van der Waals surface area contributed by atoms with Crippen LogP contribution in [-0.2, 0) is 11.2 Å². The van der Waals surface area contributed by atoms with E-state index in [-0.39, 0.29) is 11.9 Å². The standard InChI is InChI=1S/C17H25ClN4O/c1-2-19-17(22-14-9-10-16(23)21-12-14)20-11-5-7-13-6-3-4-8-15(13)18/h3-4,6,8,14H,2,5,7,9-12H2,1H3,(H,21,23)(H2,19,20,22). The number of nitrogens with one attached hydrogen (secondary N) is 3. The Hall–Kier alpha value is -1.75. The molecule has 1 aliphatic heterocycles. The first kappa shape index (κ1) is 17.6. The summed E-state index contributed by atoms with van der Waals surface area (Å²) in [5, 5.41) is 10.3. The predicted molar refractivity (Wildman–Crippen MR) is 94.9 cm³/mol. The maximum Gasteiger partial charge on any atom is 0.220 e. The van der Waals surface area contributed by atoms with Crippen LogP contribution in [0.15, 0.2) is 29.3 Å². The lowest BCUT2D eigenvalue weighted by Gasteiger charge is -2.25. The number of carbonyl (C=O) groups is 1. The fraction of sp³-hybridized carbons (Fsp3) is 0.529. The zero-order chi connectivity index (χ0) is 16.5. The molecule has 0 spiro atoms. The number of piperidine rings is 1. The van der Waals surface area contributed by atoms with E-state index in [0.29, 0.717) is 13.0 Å². The van der Waals surface area contributed by atoms with Gasteiger partial charge in [-0.15, -0.1) is 0 Å². The molecule has 1 unspecified atom stereocenters. The van der Waals surface area contributed by atoms with E-state index in [4.69, 9.17) is 11.6 Å². The Morgan fingerprint density at radius 1 is 1.43 bits per heavy atom. The summed E-state index contributed by atoms with van der Waals surface area (Å²) in [7, 11) is 0. The van der Waals surface area contributed by atoms with Gasteiger partial charge in [0, 0.05) is 37.1 Å². The Labute approximate surface area is 142 Å². The zero-order valence-electron chi connectivity index (χ0n) is 13.6. The normalized spacial score (nSPS) is 18.4. The number of hydrogen-bond acceptors (Lipinski definition) is 2. The van der Waals surface area contributed by atoms with Gasteiger partial charge in [0.25, 0.3) is 0 Å². The van der Waals surface area contributed by atoms with E-state index in [1.807, 2.05) is 25.1 Å². The highest BCUT2D eigenvalue weighted by Gasteiger charge is 2.18. The molecule has 1 aliphatic rings. The summed E-state index contributed by atoms with van der Waals surface area (Å²) in [6.45, 7) is 4.25. The van der Waals surface area contributed by atoms with Gasteiger partial charge in [-0.05, 0) is 37.8 Å². The van der Waals surface area contributed by atoms with Crippen molar-refractivity contribution < 1.29 is 4.79 Å². The highest BCUT2D eigenvalue weighted by atomic mass is 35.5. The molecule has 0 aromatic heterocycles. The molecule has 126 valence electrons. The maximum absolute atomic E-state index is 11.2. The van der Waals surface area contributed by atoms with E-state index in [1.54, 1.807) is 0 Å². The minimum atomic E-state index is 0.129. The van der Waals surface area contributed by atoms with E-state index in [1.165, 1.54) is 0 Å². The van der Waals surface area contributed by atoms with Crippen LogP contribution < -0.4 is 16.0 Å². The summed E-state index contributed by atoms with van der Waals surface area (Å²) in [5.74, 6) is 0.942. The van der Waals surface area contributed by atoms with Crippen LogP contribution in [-0.4, -0.2) is 37.5 Å². The van der Waals surface area contributed by atoms with Gasteiger partial charge in [0.05, 0.1) is 0 Å². The van der Waals surface area contributed by atoms with Crippen molar-refractivity contribution in [3.8, 4) is 0 Å². The van der Waals surface area contributed by atoms with Crippen LogP contribution in [0, 0.1) is 0 Å². The minimum Gasteiger partial charge on any atom is -0.357 e. The van der Waals surface area contributed by atoms with Crippen LogP contribution in [0.25, 0.3) is 0 Å². The lowest BCUT2D eigenvalue weighted by atomic mass is 10.1. The van der Waals surface area contributed by atoms with E-state index < -0.39 is 0 Å². The van der Waals surface area contributed by atoms with Crippen molar-refractivity contribution in [2.75, 3.05) is 19.6 Å². The highest BCUT2D eigenvalue weighted by Crippen LogP contribution is 2.16. The quantitative estimate of drug-likeness (QED) is 0.423. The van der Waals surface area contributed by atoms with Crippen molar-refractivity contribution in [2.24, 2.45) is 4.99 Å². The molecule has 1 heterocycles. The van der Waals surface area contributed by atoms with Crippen molar-refractivity contribution in [1.82, 2.24) is 16.0 Å². The van der Waals surface area contributed by atoms with Crippen molar-refractivity contribution in [1.29, 1.82) is 0 Å². The number of nitrogens with zero attached hydrogens (tertiary/aromatic N) is 1.